The average Bonchev–Trinajstić information content (AvgIpc) is 3.35. The number of amides is 1. The Morgan fingerprint density at radius 1 is 1.32 bits per heavy atom. The summed E-state index contributed by atoms with van der Waals surface area (Å²) in [5, 5.41) is 11.8. The van der Waals surface area contributed by atoms with Crippen molar-refractivity contribution < 1.29 is 13.7 Å². The lowest BCUT2D eigenvalue weighted by Gasteiger charge is -2.21. The molecule has 0 bridgehead atoms. The molecule has 0 unspecified atom stereocenters. The number of likely N-dealkylation sites (tertiary alicyclic amines) is 1. The summed E-state index contributed by atoms with van der Waals surface area (Å²) >= 11 is 0. The van der Waals surface area contributed by atoms with Gasteiger partial charge >= 0.3 is 0 Å². The molecule has 1 aliphatic heterocycles. The van der Waals surface area contributed by atoms with Gasteiger partial charge < -0.3 is 9.42 Å². The number of carbonyl (C=O) groups is 1. The smallest absolute Gasteiger partial charge is 0.276 e. The van der Waals surface area contributed by atoms with Gasteiger partial charge in [-0.05, 0) is 44.0 Å². The zero-order chi connectivity index (χ0) is 17.4. The Hall–Kier alpha value is -3.03. The first-order valence-electron chi connectivity index (χ1n) is 8.04. The molecule has 0 saturated carbocycles. The molecule has 3 aromatic rings. The molecule has 1 atom stereocenters. The van der Waals surface area contributed by atoms with Crippen molar-refractivity contribution in [2.24, 2.45) is 0 Å². The number of aryl methyl sites for hydroxylation is 1. The highest BCUT2D eigenvalue weighted by Crippen LogP contribution is 2.33. The highest BCUT2D eigenvalue weighted by Gasteiger charge is 2.34. The maximum Gasteiger partial charge on any atom is 0.276 e. The monoisotopic (exact) mass is 341 g/mol. The summed E-state index contributed by atoms with van der Waals surface area (Å²) in [6.45, 7) is 2.48. The van der Waals surface area contributed by atoms with Crippen LogP contribution >= 0.6 is 0 Å². The van der Waals surface area contributed by atoms with Crippen LogP contribution < -0.4 is 0 Å². The van der Waals surface area contributed by atoms with E-state index in [0.717, 1.165) is 18.5 Å². The first-order chi connectivity index (χ1) is 12.1. The summed E-state index contributed by atoms with van der Waals surface area (Å²) in [5.74, 6) is 0.154. The molecule has 0 aliphatic carbocycles. The fraction of sp³-hybridized carbons (Fsp3) is 0.294. The minimum atomic E-state index is -0.331. The Labute approximate surface area is 143 Å². The van der Waals surface area contributed by atoms with Crippen LogP contribution in [-0.2, 0) is 0 Å². The lowest BCUT2D eigenvalue weighted by molar-refractivity contribution is 0.0708. The summed E-state index contributed by atoms with van der Waals surface area (Å²) in [4.78, 5) is 14.6. The first kappa shape index (κ1) is 15.5. The van der Waals surface area contributed by atoms with E-state index in [1.807, 2.05) is 13.0 Å². The first-order valence-corrected chi connectivity index (χ1v) is 8.04. The number of hydrogen-bond acceptors (Lipinski definition) is 5. The second-order valence-corrected chi connectivity index (χ2v) is 6.05. The number of aromatic nitrogens is 4. The molecule has 4 rings (SSSR count). The zero-order valence-corrected chi connectivity index (χ0v) is 13.6. The van der Waals surface area contributed by atoms with Gasteiger partial charge in [-0.15, -0.1) is 5.10 Å². The molecule has 0 radical (unpaired) electrons. The second-order valence-electron chi connectivity index (χ2n) is 6.05. The Kier molecular flexibility index (Phi) is 3.79. The minimum Gasteiger partial charge on any atom is -0.359 e. The molecule has 128 valence electrons. The Bertz CT molecular complexity index is 902. The van der Waals surface area contributed by atoms with E-state index in [0.29, 0.717) is 18.0 Å². The van der Waals surface area contributed by atoms with Crippen LogP contribution in [0.1, 0.15) is 40.8 Å². The molecule has 1 saturated heterocycles. The summed E-state index contributed by atoms with van der Waals surface area (Å²) in [6, 6.07) is 7.54. The van der Waals surface area contributed by atoms with Crippen molar-refractivity contribution in [2.75, 3.05) is 6.54 Å². The van der Waals surface area contributed by atoms with Crippen LogP contribution in [0.15, 0.2) is 41.1 Å². The quantitative estimate of drug-likeness (QED) is 0.732. The highest BCUT2D eigenvalue weighted by atomic mass is 19.1. The predicted octanol–water partition coefficient (Wildman–Crippen LogP) is 2.68. The molecule has 7 nitrogen and oxygen atoms in total. The van der Waals surface area contributed by atoms with E-state index in [1.54, 1.807) is 23.2 Å². The van der Waals surface area contributed by atoms with Crippen LogP contribution in [-0.4, -0.2) is 37.5 Å². The van der Waals surface area contributed by atoms with Gasteiger partial charge in [0, 0.05) is 12.6 Å². The van der Waals surface area contributed by atoms with Gasteiger partial charge in [-0.3, -0.25) is 4.79 Å². The topological polar surface area (TPSA) is 77.0 Å². The van der Waals surface area contributed by atoms with Gasteiger partial charge in [0.2, 0.25) is 0 Å². The van der Waals surface area contributed by atoms with E-state index in [9.17, 15) is 9.18 Å². The third-order valence-electron chi connectivity index (χ3n) is 4.29. The lowest BCUT2D eigenvalue weighted by atomic mass is 10.1. The molecule has 1 aliphatic rings. The van der Waals surface area contributed by atoms with E-state index in [-0.39, 0.29) is 23.5 Å². The van der Waals surface area contributed by atoms with E-state index in [2.05, 4.69) is 15.5 Å². The second kappa shape index (κ2) is 6.12. The number of hydrogen-bond donors (Lipinski definition) is 0. The summed E-state index contributed by atoms with van der Waals surface area (Å²) in [6.07, 6.45) is 3.27. The van der Waals surface area contributed by atoms with Crippen LogP contribution in [0.25, 0.3) is 5.69 Å². The number of benzene rings is 1. The molecule has 8 heteroatoms. The molecular formula is C17H16FN5O2. The zero-order valence-electron chi connectivity index (χ0n) is 13.6. The summed E-state index contributed by atoms with van der Waals surface area (Å²) in [5.41, 5.74) is 1.67. The third-order valence-corrected chi connectivity index (χ3v) is 4.29. The van der Waals surface area contributed by atoms with Crippen molar-refractivity contribution in [1.29, 1.82) is 0 Å². The third kappa shape index (κ3) is 2.90. The van der Waals surface area contributed by atoms with Crippen LogP contribution in [0.3, 0.4) is 0 Å². The Morgan fingerprint density at radius 3 is 2.84 bits per heavy atom. The van der Waals surface area contributed by atoms with Crippen molar-refractivity contribution >= 4 is 5.91 Å². The maximum absolute atomic E-state index is 13.0. The van der Waals surface area contributed by atoms with Crippen molar-refractivity contribution in [3.8, 4) is 5.69 Å². The van der Waals surface area contributed by atoms with E-state index >= 15 is 0 Å². The fourth-order valence-electron chi connectivity index (χ4n) is 3.07. The van der Waals surface area contributed by atoms with Gasteiger partial charge in [-0.25, -0.2) is 9.07 Å². The molecule has 2 aromatic heterocycles. The Morgan fingerprint density at radius 2 is 2.12 bits per heavy atom. The molecule has 1 fully saturated rings. The molecule has 0 N–H and O–H groups in total. The molecule has 1 aromatic carbocycles. The average molecular weight is 341 g/mol. The van der Waals surface area contributed by atoms with Gasteiger partial charge in [0.15, 0.2) is 11.5 Å². The van der Waals surface area contributed by atoms with Crippen molar-refractivity contribution in [1.82, 2.24) is 25.1 Å². The number of rotatable bonds is 3. The molecular weight excluding hydrogens is 325 g/mol. The number of halogens is 1. The molecule has 3 heterocycles. The van der Waals surface area contributed by atoms with Crippen LogP contribution in [0.4, 0.5) is 4.39 Å². The van der Waals surface area contributed by atoms with E-state index in [1.165, 1.54) is 16.8 Å². The standard InChI is InChI=1S/C17H16FN5O2/c1-11-9-16(25-20-11)15-3-2-8-22(15)17(24)14-10-23(21-19-14)13-6-4-12(18)5-7-13/h4-7,9-10,15H,2-3,8H2,1H3/t15-/m1/s1. The molecule has 0 spiro atoms. The predicted molar refractivity (Wildman–Crippen MR) is 85.6 cm³/mol. The molecule has 1 amide bonds. The van der Waals surface area contributed by atoms with Crippen LogP contribution in [0.5, 0.6) is 0 Å². The SMILES string of the molecule is Cc1cc([C@H]2CCCN2C(=O)c2cn(-c3ccc(F)cc3)nn2)on1. The Balaban J connectivity index is 1.57. The highest BCUT2D eigenvalue weighted by molar-refractivity contribution is 5.92. The largest absolute Gasteiger partial charge is 0.359 e. The molecule has 25 heavy (non-hydrogen) atoms. The van der Waals surface area contributed by atoms with Gasteiger partial charge in [0.1, 0.15) is 5.82 Å². The van der Waals surface area contributed by atoms with Crippen molar-refractivity contribution in [2.45, 2.75) is 25.8 Å². The summed E-state index contributed by atoms with van der Waals surface area (Å²) in [7, 11) is 0. The van der Waals surface area contributed by atoms with Gasteiger partial charge in [0.25, 0.3) is 5.91 Å². The van der Waals surface area contributed by atoms with Crippen molar-refractivity contribution in [3.05, 3.63) is 59.5 Å². The number of nitrogens with zero attached hydrogens (tertiary/aromatic N) is 5. The van der Waals surface area contributed by atoms with Gasteiger partial charge in [0.05, 0.1) is 23.6 Å². The number of carbonyl (C=O) groups excluding carboxylic acids is 1. The summed E-state index contributed by atoms with van der Waals surface area (Å²) < 4.78 is 19.8. The van der Waals surface area contributed by atoms with Gasteiger partial charge in [-0.2, -0.15) is 0 Å². The van der Waals surface area contributed by atoms with Crippen LogP contribution in [0, 0.1) is 12.7 Å². The lowest BCUT2D eigenvalue weighted by Crippen LogP contribution is -2.30. The minimum absolute atomic E-state index is 0.135. The van der Waals surface area contributed by atoms with E-state index < -0.39 is 0 Å². The van der Waals surface area contributed by atoms with Gasteiger partial charge in [-0.1, -0.05) is 10.4 Å². The normalized spacial score (nSPS) is 17.2. The fourth-order valence-corrected chi connectivity index (χ4v) is 3.07. The maximum atomic E-state index is 13.0. The van der Waals surface area contributed by atoms with Crippen molar-refractivity contribution in [3.63, 3.8) is 0 Å². The van der Waals surface area contributed by atoms with E-state index in [4.69, 9.17) is 4.52 Å². The van der Waals surface area contributed by atoms with Crippen LogP contribution in [0.2, 0.25) is 0 Å².